The number of hydrogen-bond donors (Lipinski definition) is 1. The molecule has 9 heteroatoms. The summed E-state index contributed by atoms with van der Waals surface area (Å²) in [4.78, 5) is 16.0. The molecule has 0 unspecified atom stereocenters. The Morgan fingerprint density at radius 2 is 2.10 bits per heavy atom. The van der Waals surface area contributed by atoms with Crippen LogP contribution >= 0.6 is 11.6 Å². The molecule has 0 spiro atoms. The second kappa shape index (κ2) is 5.82. The average molecular weight is 329 g/mol. The fourth-order valence-electron chi connectivity index (χ4n) is 1.61. The molecule has 0 bridgehead atoms. The Hall–Kier alpha value is -1.93. The number of anilines is 2. The molecule has 1 N–H and O–H groups in total. The smallest absolute Gasteiger partial charge is 0.290 e. The SMILES string of the molecule is CCS(=O)(=O)c1ccc(Nc2cc(Cl)nn(C)c2=O)nc1. The van der Waals surface area contributed by atoms with Crippen molar-refractivity contribution in [2.24, 2.45) is 7.05 Å². The fraction of sp³-hybridized carbons (Fsp3) is 0.250. The maximum Gasteiger partial charge on any atom is 0.290 e. The number of sulfone groups is 1. The molecule has 0 radical (unpaired) electrons. The van der Waals surface area contributed by atoms with Crippen molar-refractivity contribution in [1.29, 1.82) is 0 Å². The predicted octanol–water partition coefficient (Wildman–Crippen LogP) is 1.37. The van der Waals surface area contributed by atoms with Gasteiger partial charge in [-0.2, -0.15) is 5.10 Å². The van der Waals surface area contributed by atoms with Crippen LogP contribution in [0.15, 0.2) is 34.1 Å². The van der Waals surface area contributed by atoms with Crippen molar-refractivity contribution in [2.75, 3.05) is 11.1 Å². The summed E-state index contributed by atoms with van der Waals surface area (Å²) in [7, 11) is -1.82. The van der Waals surface area contributed by atoms with E-state index in [1.54, 1.807) is 6.92 Å². The highest BCUT2D eigenvalue weighted by Gasteiger charge is 2.12. The van der Waals surface area contributed by atoms with Crippen molar-refractivity contribution < 1.29 is 8.42 Å². The van der Waals surface area contributed by atoms with Gasteiger partial charge in [-0.1, -0.05) is 18.5 Å². The average Bonchev–Trinajstić information content (AvgIpc) is 2.45. The zero-order valence-electron chi connectivity index (χ0n) is 11.4. The van der Waals surface area contributed by atoms with E-state index in [0.717, 1.165) is 4.68 Å². The first-order valence-electron chi connectivity index (χ1n) is 6.03. The van der Waals surface area contributed by atoms with E-state index in [-0.39, 0.29) is 27.0 Å². The molecule has 21 heavy (non-hydrogen) atoms. The Morgan fingerprint density at radius 1 is 1.38 bits per heavy atom. The summed E-state index contributed by atoms with van der Waals surface area (Å²) in [6, 6.07) is 4.29. The molecule has 0 fully saturated rings. The first-order valence-corrected chi connectivity index (χ1v) is 8.06. The molecule has 0 aliphatic rings. The number of nitrogens with zero attached hydrogens (tertiary/aromatic N) is 3. The number of rotatable bonds is 4. The van der Waals surface area contributed by atoms with Gasteiger partial charge in [0.1, 0.15) is 11.5 Å². The van der Waals surface area contributed by atoms with E-state index in [1.807, 2.05) is 0 Å². The molecule has 0 aromatic carbocycles. The molecule has 112 valence electrons. The van der Waals surface area contributed by atoms with Crippen molar-refractivity contribution in [1.82, 2.24) is 14.8 Å². The van der Waals surface area contributed by atoms with E-state index in [9.17, 15) is 13.2 Å². The van der Waals surface area contributed by atoms with Gasteiger partial charge in [0.05, 0.1) is 10.6 Å². The van der Waals surface area contributed by atoms with Crippen LogP contribution in [0.1, 0.15) is 6.92 Å². The van der Waals surface area contributed by atoms with Crippen LogP contribution in [-0.2, 0) is 16.9 Å². The Labute approximate surface area is 126 Å². The highest BCUT2D eigenvalue weighted by molar-refractivity contribution is 7.91. The monoisotopic (exact) mass is 328 g/mol. The van der Waals surface area contributed by atoms with Crippen LogP contribution in [0.2, 0.25) is 5.15 Å². The van der Waals surface area contributed by atoms with Crippen LogP contribution in [0.25, 0.3) is 0 Å². The molecule has 0 atom stereocenters. The summed E-state index contributed by atoms with van der Waals surface area (Å²) in [5.41, 5.74) is -0.164. The second-order valence-electron chi connectivity index (χ2n) is 4.22. The third-order valence-corrected chi connectivity index (χ3v) is 4.68. The fourth-order valence-corrected chi connectivity index (χ4v) is 2.65. The van der Waals surface area contributed by atoms with Crippen molar-refractivity contribution >= 4 is 32.9 Å². The van der Waals surface area contributed by atoms with Crippen LogP contribution < -0.4 is 10.9 Å². The van der Waals surface area contributed by atoms with Crippen LogP contribution in [0, 0.1) is 0 Å². The molecule has 2 aromatic rings. The molecule has 0 saturated carbocycles. The van der Waals surface area contributed by atoms with E-state index in [2.05, 4.69) is 15.4 Å². The summed E-state index contributed by atoms with van der Waals surface area (Å²) in [5, 5.41) is 6.71. The molecule has 2 aromatic heterocycles. The maximum absolute atomic E-state index is 11.9. The summed E-state index contributed by atoms with van der Waals surface area (Å²) in [6.07, 6.45) is 1.24. The van der Waals surface area contributed by atoms with E-state index in [4.69, 9.17) is 11.6 Å². The third-order valence-electron chi connectivity index (χ3n) is 2.77. The van der Waals surface area contributed by atoms with Gasteiger partial charge < -0.3 is 5.32 Å². The lowest BCUT2D eigenvalue weighted by atomic mass is 10.4. The molecule has 0 saturated heterocycles. The lowest BCUT2D eigenvalue weighted by Crippen LogP contribution is -2.22. The molecule has 2 heterocycles. The molecule has 0 aliphatic heterocycles. The molecule has 7 nitrogen and oxygen atoms in total. The minimum Gasteiger partial charge on any atom is -0.336 e. The van der Waals surface area contributed by atoms with E-state index in [0.29, 0.717) is 5.82 Å². The topological polar surface area (TPSA) is 94.0 Å². The van der Waals surface area contributed by atoms with Gasteiger partial charge in [0, 0.05) is 19.3 Å². The van der Waals surface area contributed by atoms with Crippen molar-refractivity contribution in [3.8, 4) is 0 Å². The largest absolute Gasteiger partial charge is 0.336 e. The number of aromatic nitrogens is 3. The van der Waals surface area contributed by atoms with Crippen molar-refractivity contribution in [3.63, 3.8) is 0 Å². The Morgan fingerprint density at radius 3 is 2.67 bits per heavy atom. The standard InChI is InChI=1S/C12H13ClN4O3S/c1-3-21(19,20)8-4-5-11(14-7-8)15-9-6-10(13)16-17(2)12(9)18/h4-7H,3H2,1-2H3,(H,14,15). The number of nitrogens with one attached hydrogen (secondary N) is 1. The first-order chi connectivity index (χ1) is 9.83. The summed E-state index contributed by atoms with van der Waals surface area (Å²) >= 11 is 5.78. The van der Waals surface area contributed by atoms with Gasteiger partial charge >= 0.3 is 0 Å². The van der Waals surface area contributed by atoms with Crippen LogP contribution in [0.5, 0.6) is 0 Å². The summed E-state index contributed by atoms with van der Waals surface area (Å²) in [6.45, 7) is 1.56. The minimum absolute atomic E-state index is 0.00195. The highest BCUT2D eigenvalue weighted by atomic mass is 35.5. The van der Waals surface area contributed by atoms with Gasteiger partial charge in [0.25, 0.3) is 5.56 Å². The van der Waals surface area contributed by atoms with E-state index in [1.165, 1.54) is 31.4 Å². The maximum atomic E-state index is 11.9. The third kappa shape index (κ3) is 3.40. The molecule has 2 rings (SSSR count). The number of hydrogen-bond acceptors (Lipinski definition) is 6. The van der Waals surface area contributed by atoms with Crippen molar-refractivity contribution in [2.45, 2.75) is 11.8 Å². The Kier molecular flexibility index (Phi) is 4.29. The van der Waals surface area contributed by atoms with Crippen LogP contribution in [-0.4, -0.2) is 28.9 Å². The molecular formula is C12H13ClN4O3S. The zero-order chi connectivity index (χ0) is 15.6. The van der Waals surface area contributed by atoms with Gasteiger partial charge in [0.2, 0.25) is 0 Å². The van der Waals surface area contributed by atoms with E-state index >= 15 is 0 Å². The molecule has 0 amide bonds. The lowest BCUT2D eigenvalue weighted by molar-refractivity contribution is 0.597. The quantitative estimate of drug-likeness (QED) is 0.911. The Balaban J connectivity index is 2.32. The number of pyridine rings is 1. The van der Waals surface area contributed by atoms with Gasteiger partial charge in [-0.15, -0.1) is 0 Å². The molecule has 0 aliphatic carbocycles. The van der Waals surface area contributed by atoms with Gasteiger partial charge in [-0.25, -0.2) is 18.1 Å². The van der Waals surface area contributed by atoms with Crippen molar-refractivity contribution in [3.05, 3.63) is 39.9 Å². The summed E-state index contributed by atoms with van der Waals surface area (Å²) in [5.74, 6) is 0.339. The van der Waals surface area contributed by atoms with Gasteiger partial charge in [-0.3, -0.25) is 4.79 Å². The van der Waals surface area contributed by atoms with Crippen LogP contribution in [0.4, 0.5) is 11.5 Å². The number of halogens is 1. The Bertz CT molecular complexity index is 815. The summed E-state index contributed by atoms with van der Waals surface area (Å²) < 4.78 is 24.4. The normalized spacial score (nSPS) is 11.4. The van der Waals surface area contributed by atoms with E-state index < -0.39 is 9.84 Å². The number of aryl methyl sites for hydroxylation is 1. The lowest BCUT2D eigenvalue weighted by Gasteiger charge is -2.07. The second-order valence-corrected chi connectivity index (χ2v) is 6.88. The predicted molar refractivity (Wildman–Crippen MR) is 79.7 cm³/mol. The first kappa shape index (κ1) is 15.5. The van der Waals surface area contributed by atoms with Crippen LogP contribution in [0.3, 0.4) is 0 Å². The highest BCUT2D eigenvalue weighted by Crippen LogP contribution is 2.16. The molecular weight excluding hydrogens is 316 g/mol. The minimum atomic E-state index is -3.30. The van der Waals surface area contributed by atoms with Gasteiger partial charge in [0.15, 0.2) is 15.0 Å². The zero-order valence-corrected chi connectivity index (χ0v) is 12.9. The van der Waals surface area contributed by atoms with Gasteiger partial charge in [-0.05, 0) is 12.1 Å².